The first-order valence-electron chi connectivity index (χ1n) is 5.63. The number of hydrogen-bond donors (Lipinski definition) is 0. The number of carbonyl (C=O) groups excluding carboxylic acids is 1. The number of halogens is 1. The minimum absolute atomic E-state index is 0.0103. The summed E-state index contributed by atoms with van der Waals surface area (Å²) in [6.45, 7) is 4.91. The highest BCUT2D eigenvalue weighted by Crippen LogP contribution is 2.40. The summed E-state index contributed by atoms with van der Waals surface area (Å²) in [6.07, 6.45) is 1.28. The number of benzene rings is 1. The van der Waals surface area contributed by atoms with Crippen LogP contribution in [0, 0.1) is 5.82 Å². The minimum atomic E-state index is -0.187. The zero-order chi connectivity index (χ0) is 11.7. The Morgan fingerprint density at radius 3 is 2.94 bits per heavy atom. The molecule has 1 aromatic carbocycles. The fourth-order valence-electron chi connectivity index (χ4n) is 2.40. The summed E-state index contributed by atoms with van der Waals surface area (Å²) in [6, 6.07) is 5.47. The highest BCUT2D eigenvalue weighted by Gasteiger charge is 2.31. The van der Waals surface area contributed by atoms with E-state index < -0.39 is 0 Å². The van der Waals surface area contributed by atoms with Crippen molar-refractivity contribution in [2.45, 2.75) is 32.2 Å². The minimum Gasteiger partial charge on any atom is -0.368 e. The molecular weight excluding hydrogens is 205 g/mol. The van der Waals surface area contributed by atoms with Gasteiger partial charge in [0.25, 0.3) is 0 Å². The van der Waals surface area contributed by atoms with E-state index in [1.165, 1.54) is 6.07 Å². The third-order valence-electron chi connectivity index (χ3n) is 3.17. The first-order valence-corrected chi connectivity index (χ1v) is 5.63. The Morgan fingerprint density at radius 1 is 1.56 bits per heavy atom. The molecule has 1 aromatic rings. The van der Waals surface area contributed by atoms with Crippen LogP contribution < -0.4 is 4.90 Å². The SMILES string of the molecule is CC(C)N1CC(CC=O)c2c(F)cccc21. The normalized spacial score (nSPS) is 19.0. The average Bonchev–Trinajstić information content (AvgIpc) is 2.59. The quantitative estimate of drug-likeness (QED) is 0.731. The Bertz CT molecular complexity index is 403. The summed E-state index contributed by atoms with van der Waals surface area (Å²) < 4.78 is 13.8. The van der Waals surface area contributed by atoms with E-state index in [0.29, 0.717) is 18.0 Å². The van der Waals surface area contributed by atoms with Gasteiger partial charge in [-0.05, 0) is 26.0 Å². The van der Waals surface area contributed by atoms with E-state index in [1.807, 2.05) is 6.07 Å². The molecule has 1 aliphatic rings. The van der Waals surface area contributed by atoms with Gasteiger partial charge in [-0.15, -0.1) is 0 Å². The Hall–Kier alpha value is -1.38. The molecule has 0 spiro atoms. The number of aldehydes is 1. The molecule has 86 valence electrons. The van der Waals surface area contributed by atoms with Gasteiger partial charge in [-0.2, -0.15) is 0 Å². The van der Waals surface area contributed by atoms with Crippen LogP contribution in [0.25, 0.3) is 0 Å². The Morgan fingerprint density at radius 2 is 2.31 bits per heavy atom. The zero-order valence-corrected chi connectivity index (χ0v) is 9.61. The van der Waals surface area contributed by atoms with Crippen LogP contribution in [-0.2, 0) is 4.79 Å². The van der Waals surface area contributed by atoms with Crippen molar-refractivity contribution < 1.29 is 9.18 Å². The molecule has 0 amide bonds. The molecule has 0 aliphatic carbocycles. The molecule has 1 heterocycles. The van der Waals surface area contributed by atoms with Gasteiger partial charge in [-0.25, -0.2) is 4.39 Å². The smallest absolute Gasteiger partial charge is 0.128 e. The Balaban J connectivity index is 2.44. The molecule has 0 saturated heterocycles. The third kappa shape index (κ3) is 1.70. The summed E-state index contributed by atoms with van der Waals surface area (Å²) in [7, 11) is 0. The van der Waals surface area contributed by atoms with Crippen LogP contribution in [-0.4, -0.2) is 18.9 Å². The number of anilines is 1. The van der Waals surface area contributed by atoms with Crippen LogP contribution in [0.1, 0.15) is 31.7 Å². The van der Waals surface area contributed by atoms with Crippen LogP contribution in [0.2, 0.25) is 0 Å². The summed E-state index contributed by atoms with van der Waals surface area (Å²) in [5.74, 6) is -0.177. The fraction of sp³-hybridized carbons (Fsp3) is 0.462. The highest BCUT2D eigenvalue weighted by molar-refractivity contribution is 5.64. The molecular formula is C13H16FNO. The molecule has 1 atom stereocenters. The van der Waals surface area contributed by atoms with Gasteiger partial charge < -0.3 is 9.69 Å². The van der Waals surface area contributed by atoms with Gasteiger partial charge in [0, 0.05) is 36.2 Å². The zero-order valence-electron chi connectivity index (χ0n) is 9.61. The summed E-state index contributed by atoms with van der Waals surface area (Å²) in [5.41, 5.74) is 1.66. The van der Waals surface area contributed by atoms with Crippen LogP contribution in [0.4, 0.5) is 10.1 Å². The van der Waals surface area contributed by atoms with E-state index in [1.54, 1.807) is 6.07 Å². The van der Waals surface area contributed by atoms with Gasteiger partial charge in [-0.3, -0.25) is 0 Å². The Kier molecular flexibility index (Phi) is 2.95. The maximum atomic E-state index is 13.8. The third-order valence-corrected chi connectivity index (χ3v) is 3.17. The van der Waals surface area contributed by atoms with Crippen molar-refractivity contribution in [3.63, 3.8) is 0 Å². The second kappa shape index (κ2) is 4.24. The van der Waals surface area contributed by atoms with Crippen molar-refractivity contribution in [1.29, 1.82) is 0 Å². The lowest BCUT2D eigenvalue weighted by Gasteiger charge is -2.24. The average molecular weight is 221 g/mol. The molecule has 2 nitrogen and oxygen atoms in total. The predicted molar refractivity (Wildman–Crippen MR) is 62.3 cm³/mol. The van der Waals surface area contributed by atoms with Gasteiger partial charge in [0.05, 0.1) is 0 Å². The molecule has 0 N–H and O–H groups in total. The number of fused-ring (bicyclic) bond motifs is 1. The molecule has 0 aromatic heterocycles. The van der Waals surface area contributed by atoms with Gasteiger partial charge in [0.15, 0.2) is 0 Å². The van der Waals surface area contributed by atoms with Crippen molar-refractivity contribution in [2.24, 2.45) is 0 Å². The summed E-state index contributed by atoms with van der Waals surface area (Å²) in [5, 5.41) is 0. The van der Waals surface area contributed by atoms with Crippen molar-refractivity contribution in [3.05, 3.63) is 29.6 Å². The van der Waals surface area contributed by atoms with E-state index in [4.69, 9.17) is 0 Å². The maximum absolute atomic E-state index is 13.8. The molecule has 0 radical (unpaired) electrons. The second-order valence-corrected chi connectivity index (χ2v) is 4.52. The first-order chi connectivity index (χ1) is 7.65. The standard InChI is InChI=1S/C13H16FNO/c1-9(2)15-8-10(6-7-16)13-11(14)4-3-5-12(13)15/h3-5,7,9-10H,6,8H2,1-2H3. The van der Waals surface area contributed by atoms with E-state index in [-0.39, 0.29) is 11.7 Å². The maximum Gasteiger partial charge on any atom is 0.128 e. The van der Waals surface area contributed by atoms with Crippen LogP contribution in [0.3, 0.4) is 0 Å². The lowest BCUT2D eigenvalue weighted by Crippen LogP contribution is -2.29. The topological polar surface area (TPSA) is 20.3 Å². The van der Waals surface area contributed by atoms with Crippen molar-refractivity contribution in [2.75, 3.05) is 11.4 Å². The van der Waals surface area contributed by atoms with Gasteiger partial charge in [0.2, 0.25) is 0 Å². The molecule has 0 saturated carbocycles. The molecule has 1 unspecified atom stereocenters. The summed E-state index contributed by atoms with van der Waals surface area (Å²) >= 11 is 0. The molecule has 1 aliphatic heterocycles. The monoisotopic (exact) mass is 221 g/mol. The van der Waals surface area contributed by atoms with Crippen molar-refractivity contribution >= 4 is 12.0 Å². The van der Waals surface area contributed by atoms with E-state index in [9.17, 15) is 9.18 Å². The molecule has 2 rings (SSSR count). The Labute approximate surface area is 95.1 Å². The largest absolute Gasteiger partial charge is 0.368 e. The molecule has 16 heavy (non-hydrogen) atoms. The van der Waals surface area contributed by atoms with Crippen LogP contribution in [0.5, 0.6) is 0 Å². The highest BCUT2D eigenvalue weighted by atomic mass is 19.1. The number of hydrogen-bond acceptors (Lipinski definition) is 2. The van der Waals surface area contributed by atoms with Crippen molar-refractivity contribution in [1.82, 2.24) is 0 Å². The molecule has 0 fully saturated rings. The number of carbonyl (C=O) groups is 1. The summed E-state index contributed by atoms with van der Waals surface area (Å²) in [4.78, 5) is 12.8. The van der Waals surface area contributed by atoms with Crippen LogP contribution in [0.15, 0.2) is 18.2 Å². The second-order valence-electron chi connectivity index (χ2n) is 4.52. The number of rotatable bonds is 3. The lowest BCUT2D eigenvalue weighted by atomic mass is 9.98. The predicted octanol–water partition coefficient (Wildman–Crippen LogP) is 2.73. The first kappa shape index (κ1) is 11.1. The van der Waals surface area contributed by atoms with Crippen LogP contribution >= 0.6 is 0 Å². The van der Waals surface area contributed by atoms with Gasteiger partial charge >= 0.3 is 0 Å². The van der Waals surface area contributed by atoms with Crippen molar-refractivity contribution in [3.8, 4) is 0 Å². The van der Waals surface area contributed by atoms with Gasteiger partial charge in [-0.1, -0.05) is 6.07 Å². The van der Waals surface area contributed by atoms with E-state index >= 15 is 0 Å². The van der Waals surface area contributed by atoms with Gasteiger partial charge in [0.1, 0.15) is 12.1 Å². The molecule has 3 heteroatoms. The van der Waals surface area contributed by atoms with E-state index in [0.717, 1.165) is 18.5 Å². The lowest BCUT2D eigenvalue weighted by molar-refractivity contribution is -0.108. The number of nitrogens with zero attached hydrogens (tertiary/aromatic N) is 1. The van der Waals surface area contributed by atoms with E-state index in [2.05, 4.69) is 18.7 Å². The fourth-order valence-corrected chi connectivity index (χ4v) is 2.40. The molecule has 0 bridgehead atoms.